The van der Waals surface area contributed by atoms with Crippen LogP contribution in [0.5, 0.6) is 5.88 Å². The van der Waals surface area contributed by atoms with E-state index in [4.69, 9.17) is 19.2 Å². The van der Waals surface area contributed by atoms with Gasteiger partial charge in [0.15, 0.2) is 6.10 Å². The van der Waals surface area contributed by atoms with Gasteiger partial charge in [0.25, 0.3) is 0 Å². The Labute approximate surface area is 264 Å². The fourth-order valence-electron chi connectivity index (χ4n) is 4.83. The van der Waals surface area contributed by atoms with Crippen LogP contribution in [0, 0.1) is 0 Å². The number of esters is 2. The van der Waals surface area contributed by atoms with Crippen molar-refractivity contribution in [3.8, 4) is 27.6 Å². The molecule has 0 aliphatic rings. The summed E-state index contributed by atoms with van der Waals surface area (Å²) in [5.74, 6) is -0.0487. The van der Waals surface area contributed by atoms with Crippen LogP contribution in [0.15, 0.2) is 84.2 Å². The number of hydrogen-bond acceptors (Lipinski definition) is 8. The molecule has 0 saturated carbocycles. The largest absolute Gasteiger partial charge is 0.478 e. The second-order valence-corrected chi connectivity index (χ2v) is 11.5. The summed E-state index contributed by atoms with van der Waals surface area (Å²) in [7, 11) is 2.71. The lowest BCUT2D eigenvalue weighted by Gasteiger charge is -2.16. The highest BCUT2D eigenvalue weighted by Gasteiger charge is 2.20. The first-order valence-corrected chi connectivity index (χ1v) is 16.0. The van der Waals surface area contributed by atoms with Crippen molar-refractivity contribution in [1.29, 1.82) is 0 Å². The molecule has 0 aliphatic carbocycles. The van der Waals surface area contributed by atoms with E-state index in [0.29, 0.717) is 25.3 Å². The predicted octanol–water partition coefficient (Wildman–Crippen LogP) is 7.71. The summed E-state index contributed by atoms with van der Waals surface area (Å²) in [6.07, 6.45) is 5.72. The molecular weight excluding hydrogens is 574 g/mol. The minimum atomic E-state index is -0.705. The van der Waals surface area contributed by atoms with Crippen molar-refractivity contribution >= 4 is 23.3 Å². The molecule has 1 unspecified atom stereocenters. The van der Waals surface area contributed by atoms with Crippen LogP contribution in [-0.4, -0.2) is 50.5 Å². The fraction of sp³-hybridized carbons (Fsp3) is 0.361. The van der Waals surface area contributed by atoms with Gasteiger partial charge < -0.3 is 18.9 Å². The van der Waals surface area contributed by atoms with Crippen LogP contribution >= 0.6 is 11.3 Å². The number of pyridine rings is 1. The Bertz CT molecular complexity index is 1420. The van der Waals surface area contributed by atoms with E-state index in [9.17, 15) is 9.59 Å². The van der Waals surface area contributed by atoms with Gasteiger partial charge in [-0.15, -0.1) is 11.3 Å². The molecule has 0 aliphatic heterocycles. The number of benzene rings is 2. The number of carbonyl (C=O) groups is 2. The van der Waals surface area contributed by atoms with Crippen molar-refractivity contribution in [3.63, 3.8) is 0 Å². The van der Waals surface area contributed by atoms with Gasteiger partial charge in [-0.2, -0.15) is 0 Å². The molecule has 7 nitrogen and oxygen atoms in total. The van der Waals surface area contributed by atoms with Gasteiger partial charge in [0.05, 0.1) is 31.4 Å². The summed E-state index contributed by atoms with van der Waals surface area (Å²) in [6.45, 7) is 0.917. The number of ether oxygens (including phenoxy) is 4. The zero-order valence-electron chi connectivity index (χ0n) is 25.5. The molecule has 0 saturated heterocycles. The van der Waals surface area contributed by atoms with Crippen molar-refractivity contribution < 1.29 is 28.5 Å². The van der Waals surface area contributed by atoms with E-state index in [0.717, 1.165) is 59.4 Å². The molecule has 1 atom stereocenters. The van der Waals surface area contributed by atoms with Gasteiger partial charge >= 0.3 is 11.9 Å². The Morgan fingerprint density at radius 1 is 0.773 bits per heavy atom. The number of thiophene rings is 1. The number of rotatable bonds is 18. The molecule has 0 bridgehead atoms. The zero-order valence-corrected chi connectivity index (χ0v) is 26.4. The summed E-state index contributed by atoms with van der Waals surface area (Å²) in [6, 6.07) is 26.9. The van der Waals surface area contributed by atoms with E-state index in [2.05, 4.69) is 46.5 Å². The van der Waals surface area contributed by atoms with E-state index in [1.807, 2.05) is 42.5 Å². The third-order valence-corrected chi connectivity index (χ3v) is 8.16. The van der Waals surface area contributed by atoms with E-state index in [1.165, 1.54) is 19.8 Å². The minimum absolute atomic E-state index is 0.253. The topological polar surface area (TPSA) is 84.0 Å². The highest BCUT2D eigenvalue weighted by molar-refractivity contribution is 7.13. The van der Waals surface area contributed by atoms with Gasteiger partial charge in [-0.1, -0.05) is 73.5 Å². The number of nitrogens with zero attached hydrogens (tertiary/aromatic N) is 1. The Morgan fingerprint density at radius 2 is 1.55 bits per heavy atom. The van der Waals surface area contributed by atoms with Crippen molar-refractivity contribution in [2.45, 2.75) is 57.5 Å². The zero-order chi connectivity index (χ0) is 31.0. The Balaban J connectivity index is 1.18. The lowest BCUT2D eigenvalue weighted by Crippen LogP contribution is -2.28. The van der Waals surface area contributed by atoms with Gasteiger partial charge in [-0.05, 0) is 65.4 Å². The van der Waals surface area contributed by atoms with Gasteiger partial charge in [0.2, 0.25) is 5.88 Å². The van der Waals surface area contributed by atoms with E-state index in [1.54, 1.807) is 11.3 Å². The quantitative estimate of drug-likeness (QED) is 0.0837. The Kier molecular flexibility index (Phi) is 13.4. The molecular formula is C36H41NO6S. The standard InChI is InChI=1S/C36H41NO6S/c1-40-35(38)16-10-22-42-32(36(39)41-2)24-28-19-17-27(18-20-28)12-6-3-4-9-21-43-34-26-30(29-13-7-5-8-14-29)25-31(37-34)33-15-11-23-44-33/h5,7-8,11,13-15,17-20,23,25-26,32H,3-4,6,9-10,12,16,21-22,24H2,1-2H3. The molecule has 44 heavy (non-hydrogen) atoms. The fourth-order valence-corrected chi connectivity index (χ4v) is 5.52. The average molecular weight is 616 g/mol. The Hall–Kier alpha value is -4.01. The molecule has 2 heterocycles. The normalized spacial score (nSPS) is 11.6. The highest BCUT2D eigenvalue weighted by atomic mass is 32.1. The lowest BCUT2D eigenvalue weighted by atomic mass is 10.0. The molecule has 0 spiro atoms. The molecule has 4 aromatic rings. The molecule has 0 N–H and O–H groups in total. The SMILES string of the molecule is COC(=O)CCCOC(Cc1ccc(CCCCCCOc2cc(-c3ccccc3)cc(-c3cccs3)n2)cc1)C(=O)OC. The molecule has 0 radical (unpaired) electrons. The number of hydrogen-bond donors (Lipinski definition) is 0. The minimum Gasteiger partial charge on any atom is -0.478 e. The van der Waals surface area contributed by atoms with Crippen molar-refractivity contribution in [2.75, 3.05) is 27.4 Å². The number of aryl methyl sites for hydroxylation is 1. The maximum atomic E-state index is 12.2. The van der Waals surface area contributed by atoms with Crippen LogP contribution in [0.1, 0.15) is 49.7 Å². The first-order chi connectivity index (χ1) is 21.6. The van der Waals surface area contributed by atoms with Gasteiger partial charge in [0, 0.05) is 25.5 Å². The van der Waals surface area contributed by atoms with E-state index >= 15 is 0 Å². The third-order valence-electron chi connectivity index (χ3n) is 7.27. The monoisotopic (exact) mass is 615 g/mol. The first-order valence-electron chi connectivity index (χ1n) is 15.1. The second kappa shape index (κ2) is 18.0. The highest BCUT2D eigenvalue weighted by Crippen LogP contribution is 2.31. The maximum absolute atomic E-state index is 12.2. The first kappa shape index (κ1) is 32.9. The molecule has 0 amide bonds. The van der Waals surface area contributed by atoms with Gasteiger partial charge in [0.1, 0.15) is 0 Å². The van der Waals surface area contributed by atoms with Crippen LogP contribution in [0.25, 0.3) is 21.7 Å². The average Bonchev–Trinajstić information content (AvgIpc) is 3.61. The van der Waals surface area contributed by atoms with Crippen LogP contribution in [0.4, 0.5) is 0 Å². The maximum Gasteiger partial charge on any atom is 0.335 e. The number of aromatic nitrogens is 1. The molecule has 2 aromatic carbocycles. The van der Waals surface area contributed by atoms with Crippen molar-refractivity contribution in [2.24, 2.45) is 0 Å². The van der Waals surface area contributed by atoms with Gasteiger partial charge in [-0.25, -0.2) is 9.78 Å². The van der Waals surface area contributed by atoms with Crippen molar-refractivity contribution in [3.05, 3.63) is 95.4 Å². The van der Waals surface area contributed by atoms with Gasteiger partial charge in [-0.3, -0.25) is 4.79 Å². The predicted molar refractivity (Wildman–Crippen MR) is 174 cm³/mol. The molecule has 2 aromatic heterocycles. The van der Waals surface area contributed by atoms with Crippen LogP contribution in [0.3, 0.4) is 0 Å². The van der Waals surface area contributed by atoms with Crippen molar-refractivity contribution in [1.82, 2.24) is 4.98 Å². The second-order valence-electron chi connectivity index (χ2n) is 10.5. The summed E-state index contributed by atoms with van der Waals surface area (Å²) >= 11 is 1.68. The summed E-state index contributed by atoms with van der Waals surface area (Å²) < 4.78 is 21.4. The molecule has 8 heteroatoms. The number of carbonyl (C=O) groups excluding carboxylic acids is 2. The smallest absolute Gasteiger partial charge is 0.335 e. The molecule has 4 rings (SSSR count). The molecule has 232 valence electrons. The van der Waals surface area contributed by atoms with Crippen LogP contribution in [-0.2, 0) is 36.6 Å². The summed E-state index contributed by atoms with van der Waals surface area (Å²) in [5.41, 5.74) is 5.46. The number of unbranched alkanes of at least 4 members (excludes halogenated alkanes) is 3. The third kappa shape index (κ3) is 10.6. The lowest BCUT2D eigenvalue weighted by molar-refractivity contribution is -0.154. The summed E-state index contributed by atoms with van der Waals surface area (Å²) in [4.78, 5) is 29.4. The molecule has 0 fully saturated rings. The summed E-state index contributed by atoms with van der Waals surface area (Å²) in [5, 5.41) is 2.07. The van der Waals surface area contributed by atoms with E-state index < -0.39 is 12.1 Å². The Morgan fingerprint density at radius 3 is 2.27 bits per heavy atom. The van der Waals surface area contributed by atoms with Crippen LogP contribution < -0.4 is 4.74 Å². The van der Waals surface area contributed by atoms with E-state index in [-0.39, 0.29) is 19.0 Å². The number of methoxy groups -OCH3 is 2. The van der Waals surface area contributed by atoms with Crippen LogP contribution in [0.2, 0.25) is 0 Å².